The van der Waals surface area contributed by atoms with E-state index in [2.05, 4.69) is 36.5 Å². The molecule has 4 aliphatic heterocycles. The lowest BCUT2D eigenvalue weighted by Crippen LogP contribution is -2.52. The van der Waals surface area contributed by atoms with Crippen LogP contribution < -0.4 is 42.0 Å². The standard InChI is InChI=1S/C40H52N10O6/c1-3-30-37(44-27-12-18-56-19-13-27)48-38(35(46-30)36(41)52)45-28-5-7-31(33(21-28)55-2)49-16-10-26(11-17-49)43-15-14-42-22-24-4-6-29-25(20-24)23-50(40(29)54)32-8-9-34(51)47-39(32)53/h4-7,20-21,26-27,32,42-43H,3,8-19,22-23H2,1-2H3,(H2,41,52)(H2,44,45,48)(H,47,51,53). The largest absolute Gasteiger partial charge is 0.495 e. The summed E-state index contributed by atoms with van der Waals surface area (Å²) in [4.78, 5) is 62.7. The highest BCUT2D eigenvalue weighted by Crippen LogP contribution is 2.35. The fourth-order valence-electron chi connectivity index (χ4n) is 7.94. The summed E-state index contributed by atoms with van der Waals surface area (Å²) in [5, 5.41) is 16.3. The molecule has 5 heterocycles. The van der Waals surface area contributed by atoms with Crippen molar-refractivity contribution in [2.24, 2.45) is 5.73 Å². The van der Waals surface area contributed by atoms with Crippen molar-refractivity contribution in [2.45, 2.75) is 83.1 Å². The number of ether oxygens (including phenoxy) is 2. The molecule has 56 heavy (non-hydrogen) atoms. The van der Waals surface area contributed by atoms with E-state index < -0.39 is 17.9 Å². The van der Waals surface area contributed by atoms with Crippen molar-refractivity contribution in [3.63, 3.8) is 0 Å². The molecule has 0 bridgehead atoms. The van der Waals surface area contributed by atoms with Gasteiger partial charge in [0.15, 0.2) is 17.3 Å². The van der Waals surface area contributed by atoms with Crippen LogP contribution in [0, 0.1) is 0 Å². The lowest BCUT2D eigenvalue weighted by molar-refractivity contribution is -0.136. The van der Waals surface area contributed by atoms with Gasteiger partial charge in [0.25, 0.3) is 11.8 Å². The SMILES string of the molecule is CCc1nc(C(N)=O)c(Nc2ccc(N3CCC(NCCNCc4ccc5c(c4)CN(C4CCC(=O)NC4=O)C5=O)CC3)c(OC)c2)nc1NC1CCOCC1. The van der Waals surface area contributed by atoms with Gasteiger partial charge in [-0.2, -0.15) is 0 Å². The van der Waals surface area contributed by atoms with Crippen molar-refractivity contribution in [1.82, 2.24) is 30.8 Å². The molecule has 0 spiro atoms. The number of nitrogens with zero attached hydrogens (tertiary/aromatic N) is 4. The van der Waals surface area contributed by atoms with Crippen molar-refractivity contribution in [1.29, 1.82) is 0 Å². The maximum Gasteiger partial charge on any atom is 0.271 e. The van der Waals surface area contributed by atoms with Crippen molar-refractivity contribution in [3.8, 4) is 5.75 Å². The van der Waals surface area contributed by atoms with Crippen LogP contribution in [0.2, 0.25) is 0 Å². The van der Waals surface area contributed by atoms with Gasteiger partial charge in [0.2, 0.25) is 11.8 Å². The van der Waals surface area contributed by atoms with Crippen LogP contribution in [0.25, 0.3) is 0 Å². The van der Waals surface area contributed by atoms with E-state index >= 15 is 0 Å². The predicted molar refractivity (Wildman–Crippen MR) is 211 cm³/mol. The number of hydrogen-bond donors (Lipinski definition) is 6. The zero-order valence-electron chi connectivity index (χ0n) is 32.1. The summed E-state index contributed by atoms with van der Waals surface area (Å²) in [5.41, 5.74) is 10.8. The Balaban J connectivity index is 0.879. The number of imide groups is 1. The Labute approximate surface area is 326 Å². The number of benzene rings is 2. The summed E-state index contributed by atoms with van der Waals surface area (Å²) in [6, 6.07) is 11.7. The first-order valence-corrected chi connectivity index (χ1v) is 19.7. The molecule has 7 N–H and O–H groups in total. The average Bonchev–Trinajstić information content (AvgIpc) is 3.53. The molecule has 4 aliphatic rings. The highest BCUT2D eigenvalue weighted by Gasteiger charge is 2.39. The number of aromatic nitrogens is 2. The molecular formula is C40H52N10O6. The van der Waals surface area contributed by atoms with Gasteiger partial charge in [-0.15, -0.1) is 0 Å². The molecule has 3 saturated heterocycles. The number of hydrogen-bond acceptors (Lipinski definition) is 13. The molecule has 2 aromatic carbocycles. The van der Waals surface area contributed by atoms with Gasteiger partial charge in [0.1, 0.15) is 11.8 Å². The van der Waals surface area contributed by atoms with Gasteiger partial charge in [-0.05, 0) is 67.9 Å². The van der Waals surface area contributed by atoms with Crippen molar-refractivity contribution in [2.75, 3.05) is 62.0 Å². The maximum atomic E-state index is 13.0. The number of primary amides is 1. The zero-order valence-corrected chi connectivity index (χ0v) is 32.1. The van der Waals surface area contributed by atoms with E-state index in [1.165, 1.54) is 0 Å². The molecule has 3 aromatic rings. The third-order valence-electron chi connectivity index (χ3n) is 11.0. The fraction of sp³-hybridized carbons (Fsp3) is 0.500. The van der Waals surface area contributed by atoms with E-state index in [0.29, 0.717) is 79.5 Å². The molecule has 298 valence electrons. The van der Waals surface area contributed by atoms with Gasteiger partial charge in [-0.3, -0.25) is 24.5 Å². The van der Waals surface area contributed by atoms with Crippen molar-refractivity contribution in [3.05, 3.63) is 64.5 Å². The smallest absolute Gasteiger partial charge is 0.271 e. The third-order valence-corrected chi connectivity index (χ3v) is 11.0. The van der Waals surface area contributed by atoms with Crippen molar-refractivity contribution >= 4 is 46.6 Å². The number of nitrogens with one attached hydrogen (secondary N) is 5. The molecule has 1 aromatic heterocycles. The Morgan fingerprint density at radius 1 is 0.982 bits per heavy atom. The predicted octanol–water partition coefficient (Wildman–Crippen LogP) is 2.59. The number of aryl methyl sites for hydroxylation is 1. The monoisotopic (exact) mass is 768 g/mol. The summed E-state index contributed by atoms with van der Waals surface area (Å²) < 4.78 is 11.3. The van der Waals surface area contributed by atoms with Gasteiger partial charge in [-0.25, -0.2) is 9.97 Å². The molecular weight excluding hydrogens is 717 g/mol. The minimum Gasteiger partial charge on any atom is -0.495 e. The van der Waals surface area contributed by atoms with Crippen LogP contribution in [0.3, 0.4) is 0 Å². The summed E-state index contributed by atoms with van der Waals surface area (Å²) in [6.07, 6.45) is 4.90. The first kappa shape index (κ1) is 38.9. The van der Waals surface area contributed by atoms with E-state index in [-0.39, 0.29) is 30.0 Å². The van der Waals surface area contributed by atoms with Crippen LogP contribution in [0.5, 0.6) is 5.75 Å². The van der Waals surface area contributed by atoms with Gasteiger partial charge in [0.05, 0.1) is 18.5 Å². The van der Waals surface area contributed by atoms with Crippen molar-refractivity contribution < 1.29 is 28.7 Å². The Morgan fingerprint density at radius 3 is 2.52 bits per heavy atom. The van der Waals surface area contributed by atoms with E-state index in [1.807, 2.05) is 43.3 Å². The fourth-order valence-corrected chi connectivity index (χ4v) is 7.94. The topological polar surface area (TPSA) is 205 Å². The number of piperidine rings is 2. The van der Waals surface area contributed by atoms with E-state index in [0.717, 1.165) is 68.7 Å². The molecule has 16 heteroatoms. The van der Waals surface area contributed by atoms with Crippen LogP contribution in [0.4, 0.5) is 23.0 Å². The number of amides is 4. The first-order chi connectivity index (χ1) is 27.2. The molecule has 0 radical (unpaired) electrons. The van der Waals surface area contributed by atoms with E-state index in [4.69, 9.17) is 20.2 Å². The second kappa shape index (κ2) is 17.6. The van der Waals surface area contributed by atoms with Gasteiger partial charge in [0, 0.05) is 88.3 Å². The normalized spacial score (nSPS) is 19.2. The Bertz CT molecular complexity index is 1940. The summed E-state index contributed by atoms with van der Waals surface area (Å²) in [5.74, 6) is 0.151. The van der Waals surface area contributed by atoms with Gasteiger partial charge >= 0.3 is 0 Å². The van der Waals surface area contributed by atoms with E-state index in [1.54, 1.807) is 12.0 Å². The number of rotatable bonds is 15. The minimum atomic E-state index is -0.650. The Morgan fingerprint density at radius 2 is 1.79 bits per heavy atom. The maximum absolute atomic E-state index is 13.0. The van der Waals surface area contributed by atoms with Gasteiger partial charge in [-0.1, -0.05) is 19.1 Å². The van der Waals surface area contributed by atoms with Gasteiger partial charge < -0.3 is 46.3 Å². The summed E-state index contributed by atoms with van der Waals surface area (Å²) in [7, 11) is 1.66. The lowest BCUT2D eigenvalue weighted by atomic mass is 10.0. The molecule has 1 unspecified atom stereocenters. The first-order valence-electron chi connectivity index (χ1n) is 19.7. The van der Waals surface area contributed by atoms with Crippen LogP contribution in [0.1, 0.15) is 83.1 Å². The molecule has 16 nitrogen and oxygen atoms in total. The minimum absolute atomic E-state index is 0.0909. The Hall–Kier alpha value is -5.32. The molecule has 4 amide bonds. The molecule has 0 saturated carbocycles. The molecule has 3 fully saturated rings. The summed E-state index contributed by atoms with van der Waals surface area (Å²) >= 11 is 0. The van der Waals surface area contributed by atoms with Crippen LogP contribution >= 0.6 is 0 Å². The lowest BCUT2D eigenvalue weighted by Gasteiger charge is -2.35. The molecule has 7 rings (SSSR count). The number of anilines is 4. The molecule has 1 atom stereocenters. The quantitative estimate of drug-likeness (QED) is 0.0974. The third kappa shape index (κ3) is 8.87. The Kier molecular flexibility index (Phi) is 12.3. The number of nitrogens with two attached hydrogens (primary N) is 1. The average molecular weight is 769 g/mol. The number of carbonyl (C=O) groups is 4. The second-order valence-electron chi connectivity index (χ2n) is 14.8. The zero-order chi connectivity index (χ0) is 39.2. The highest BCUT2D eigenvalue weighted by molar-refractivity contribution is 6.05. The van der Waals surface area contributed by atoms with E-state index in [9.17, 15) is 19.2 Å². The highest BCUT2D eigenvalue weighted by atomic mass is 16.5. The molecule has 0 aliphatic carbocycles. The van der Waals surface area contributed by atoms with Crippen LogP contribution in [-0.4, -0.2) is 103 Å². The summed E-state index contributed by atoms with van der Waals surface area (Å²) in [6.45, 7) is 7.75. The van der Waals surface area contributed by atoms with Crippen LogP contribution in [-0.2, 0) is 33.8 Å². The number of methoxy groups -OCH3 is 1. The number of fused-ring (bicyclic) bond motifs is 1. The van der Waals surface area contributed by atoms with Crippen LogP contribution in [0.15, 0.2) is 36.4 Å². The second-order valence-corrected chi connectivity index (χ2v) is 14.8. The number of carbonyl (C=O) groups excluding carboxylic acids is 4.